The maximum Gasteiger partial charge on any atom is 0.271 e. The molecule has 1 N–H and O–H groups in total. The summed E-state index contributed by atoms with van der Waals surface area (Å²) in [4.78, 5) is 21.8. The molecule has 0 aliphatic rings. The summed E-state index contributed by atoms with van der Waals surface area (Å²) in [5.74, 6) is 0.427. The summed E-state index contributed by atoms with van der Waals surface area (Å²) in [5.41, 5.74) is 0.230. The number of carbonyl (C=O) groups excluding carboxylic acids is 1. The lowest BCUT2D eigenvalue weighted by molar-refractivity contribution is -0.384. The van der Waals surface area contributed by atoms with Crippen LogP contribution in [0.25, 0.3) is 0 Å². The van der Waals surface area contributed by atoms with Gasteiger partial charge in [-0.2, -0.15) is 0 Å². The molecule has 0 bridgehead atoms. The topological polar surface area (TPSA) is 81.5 Å². The molecular weight excluding hydrogens is 236 g/mol. The Bertz CT molecular complexity index is 457. The number of nitrogens with one attached hydrogen (secondary N) is 1. The summed E-state index contributed by atoms with van der Waals surface area (Å²) < 4.78 is 5.05. The van der Waals surface area contributed by atoms with Crippen molar-refractivity contribution in [1.29, 1.82) is 0 Å². The lowest BCUT2D eigenvalue weighted by atomic mass is 10.1. The van der Waals surface area contributed by atoms with Crippen LogP contribution in [0.1, 0.15) is 20.3 Å². The highest BCUT2D eigenvalue weighted by Gasteiger charge is 2.14. The molecule has 1 aromatic rings. The summed E-state index contributed by atoms with van der Waals surface area (Å²) in [5, 5.41) is 13.3. The number of nitro groups is 1. The molecule has 98 valence electrons. The Morgan fingerprint density at radius 1 is 1.50 bits per heavy atom. The number of nitro benzene ring substituents is 1. The van der Waals surface area contributed by atoms with E-state index in [2.05, 4.69) is 5.32 Å². The summed E-state index contributed by atoms with van der Waals surface area (Å²) in [6, 6.07) is 4.08. The summed E-state index contributed by atoms with van der Waals surface area (Å²) in [6.07, 6.45) is 0.353. The number of non-ortho nitro benzene ring substituents is 1. The van der Waals surface area contributed by atoms with Crippen molar-refractivity contribution < 1.29 is 14.5 Å². The molecule has 0 fully saturated rings. The second-order valence-electron chi connectivity index (χ2n) is 4.29. The van der Waals surface area contributed by atoms with Crippen molar-refractivity contribution in [3.8, 4) is 5.75 Å². The zero-order valence-corrected chi connectivity index (χ0v) is 10.6. The van der Waals surface area contributed by atoms with Crippen molar-refractivity contribution in [3.63, 3.8) is 0 Å². The van der Waals surface area contributed by atoms with Crippen LogP contribution in [0.3, 0.4) is 0 Å². The van der Waals surface area contributed by atoms with E-state index in [1.807, 2.05) is 13.8 Å². The molecule has 0 radical (unpaired) electrons. The van der Waals surface area contributed by atoms with E-state index in [1.54, 1.807) is 0 Å². The van der Waals surface area contributed by atoms with Crippen molar-refractivity contribution in [2.45, 2.75) is 20.3 Å². The van der Waals surface area contributed by atoms with E-state index in [0.717, 1.165) is 0 Å². The molecule has 0 aliphatic carbocycles. The molecule has 0 heterocycles. The van der Waals surface area contributed by atoms with Crippen LogP contribution in [-0.4, -0.2) is 17.9 Å². The van der Waals surface area contributed by atoms with E-state index >= 15 is 0 Å². The second-order valence-corrected chi connectivity index (χ2v) is 4.29. The first-order valence-electron chi connectivity index (χ1n) is 5.56. The number of nitrogens with zero attached hydrogens (tertiary/aromatic N) is 1. The third-order valence-electron chi connectivity index (χ3n) is 2.26. The predicted octanol–water partition coefficient (Wildman–Crippen LogP) is 2.59. The SMILES string of the molecule is COc1ccc([N+](=O)[O-])cc1NC(=O)CC(C)C. The van der Waals surface area contributed by atoms with Gasteiger partial charge in [-0.3, -0.25) is 14.9 Å². The van der Waals surface area contributed by atoms with Gasteiger partial charge < -0.3 is 10.1 Å². The number of anilines is 1. The minimum atomic E-state index is -0.516. The Hall–Kier alpha value is -2.11. The molecule has 0 aromatic heterocycles. The van der Waals surface area contributed by atoms with Crippen molar-refractivity contribution >= 4 is 17.3 Å². The van der Waals surface area contributed by atoms with Gasteiger partial charge in [0, 0.05) is 18.6 Å². The van der Waals surface area contributed by atoms with Gasteiger partial charge in [0.1, 0.15) is 5.75 Å². The van der Waals surface area contributed by atoms with E-state index in [-0.39, 0.29) is 17.5 Å². The monoisotopic (exact) mass is 252 g/mol. The van der Waals surface area contributed by atoms with Crippen LogP contribution >= 0.6 is 0 Å². The minimum absolute atomic E-state index is 0.0874. The maximum atomic E-state index is 11.6. The number of methoxy groups -OCH3 is 1. The standard InChI is InChI=1S/C12H16N2O4/c1-8(2)6-12(15)13-10-7-9(14(16)17)4-5-11(10)18-3/h4-5,7-8H,6H2,1-3H3,(H,13,15). The fourth-order valence-electron chi connectivity index (χ4n) is 1.48. The van der Waals surface area contributed by atoms with Gasteiger partial charge in [-0.05, 0) is 12.0 Å². The molecule has 1 aromatic carbocycles. The van der Waals surface area contributed by atoms with Crippen LogP contribution < -0.4 is 10.1 Å². The Kier molecular flexibility index (Phi) is 4.65. The van der Waals surface area contributed by atoms with Gasteiger partial charge in [0.25, 0.3) is 5.69 Å². The van der Waals surface area contributed by atoms with Gasteiger partial charge in [0.05, 0.1) is 17.7 Å². The molecule has 1 rings (SSSR count). The zero-order valence-electron chi connectivity index (χ0n) is 10.6. The van der Waals surface area contributed by atoms with E-state index in [9.17, 15) is 14.9 Å². The molecule has 0 aliphatic heterocycles. The smallest absolute Gasteiger partial charge is 0.271 e. The molecule has 0 spiro atoms. The molecule has 18 heavy (non-hydrogen) atoms. The molecule has 6 nitrogen and oxygen atoms in total. The number of rotatable bonds is 5. The molecule has 0 atom stereocenters. The highest BCUT2D eigenvalue weighted by molar-refractivity contribution is 5.92. The predicted molar refractivity (Wildman–Crippen MR) is 67.7 cm³/mol. The van der Waals surface area contributed by atoms with Gasteiger partial charge >= 0.3 is 0 Å². The van der Waals surface area contributed by atoms with Gasteiger partial charge in [-0.25, -0.2) is 0 Å². The number of carbonyl (C=O) groups is 1. The average Bonchev–Trinajstić information content (AvgIpc) is 2.27. The third kappa shape index (κ3) is 3.73. The van der Waals surface area contributed by atoms with Crippen molar-refractivity contribution in [2.75, 3.05) is 12.4 Å². The van der Waals surface area contributed by atoms with E-state index in [1.165, 1.54) is 25.3 Å². The molecule has 0 saturated heterocycles. The third-order valence-corrected chi connectivity index (χ3v) is 2.26. The van der Waals surface area contributed by atoms with Crippen molar-refractivity contribution in [2.24, 2.45) is 5.92 Å². The molecule has 0 saturated carbocycles. The quantitative estimate of drug-likeness (QED) is 0.645. The average molecular weight is 252 g/mol. The second kappa shape index (κ2) is 6.00. The fourth-order valence-corrected chi connectivity index (χ4v) is 1.48. The Balaban J connectivity index is 2.94. The van der Waals surface area contributed by atoms with E-state index < -0.39 is 4.92 Å². The largest absolute Gasteiger partial charge is 0.495 e. The lowest BCUT2D eigenvalue weighted by Crippen LogP contribution is -2.14. The first-order valence-corrected chi connectivity index (χ1v) is 5.56. The van der Waals surface area contributed by atoms with E-state index in [0.29, 0.717) is 17.9 Å². The first kappa shape index (κ1) is 14.0. The number of hydrogen-bond donors (Lipinski definition) is 1. The Morgan fingerprint density at radius 2 is 2.17 bits per heavy atom. The normalized spacial score (nSPS) is 10.2. The van der Waals surface area contributed by atoms with Gasteiger partial charge in [0.2, 0.25) is 5.91 Å². The van der Waals surface area contributed by atoms with E-state index in [4.69, 9.17) is 4.74 Å². The Labute approximate surface area is 105 Å². The Morgan fingerprint density at radius 3 is 2.67 bits per heavy atom. The zero-order chi connectivity index (χ0) is 13.7. The van der Waals surface area contributed by atoms with Crippen molar-refractivity contribution in [1.82, 2.24) is 0 Å². The highest BCUT2D eigenvalue weighted by Crippen LogP contribution is 2.29. The van der Waals surface area contributed by atoms with Crippen LogP contribution in [-0.2, 0) is 4.79 Å². The highest BCUT2D eigenvalue weighted by atomic mass is 16.6. The van der Waals surface area contributed by atoms with Crippen LogP contribution in [0.5, 0.6) is 5.75 Å². The number of hydrogen-bond acceptors (Lipinski definition) is 4. The van der Waals surface area contributed by atoms with Gasteiger partial charge in [-0.1, -0.05) is 13.8 Å². The summed E-state index contributed by atoms with van der Waals surface area (Å²) in [6.45, 7) is 3.84. The molecule has 1 amide bonds. The first-order chi connectivity index (χ1) is 8.43. The van der Waals surface area contributed by atoms with Crippen LogP contribution in [0.2, 0.25) is 0 Å². The minimum Gasteiger partial charge on any atom is -0.495 e. The van der Waals surface area contributed by atoms with Crippen molar-refractivity contribution in [3.05, 3.63) is 28.3 Å². The number of ether oxygens (including phenoxy) is 1. The summed E-state index contributed by atoms with van der Waals surface area (Å²) in [7, 11) is 1.44. The van der Waals surface area contributed by atoms with Gasteiger partial charge in [-0.15, -0.1) is 0 Å². The van der Waals surface area contributed by atoms with Gasteiger partial charge in [0.15, 0.2) is 0 Å². The van der Waals surface area contributed by atoms with Crippen LogP contribution in [0.15, 0.2) is 18.2 Å². The fraction of sp³-hybridized carbons (Fsp3) is 0.417. The number of benzene rings is 1. The summed E-state index contributed by atoms with van der Waals surface area (Å²) >= 11 is 0. The molecular formula is C12H16N2O4. The van der Waals surface area contributed by atoms with Crippen LogP contribution in [0.4, 0.5) is 11.4 Å². The molecule has 0 unspecified atom stereocenters. The maximum absolute atomic E-state index is 11.6. The number of amides is 1. The molecule has 6 heteroatoms. The lowest BCUT2D eigenvalue weighted by Gasteiger charge is -2.10. The van der Waals surface area contributed by atoms with Crippen LogP contribution in [0, 0.1) is 16.0 Å².